The van der Waals surface area contributed by atoms with Gasteiger partial charge in [-0.05, 0) is 37.5 Å². The van der Waals surface area contributed by atoms with Gasteiger partial charge in [0.1, 0.15) is 18.0 Å². The van der Waals surface area contributed by atoms with Crippen LogP contribution < -0.4 is 0 Å². The van der Waals surface area contributed by atoms with Gasteiger partial charge in [-0.25, -0.2) is 9.18 Å². The third-order valence-corrected chi connectivity index (χ3v) is 4.35. The smallest absolute Gasteiger partial charge is 0.409 e. The maximum atomic E-state index is 13.2. The van der Waals surface area contributed by atoms with Crippen molar-refractivity contribution in [2.75, 3.05) is 20.3 Å². The SMILES string of the molecule is CCOC(=O)CC(=O)C1CCN(C(=O)OC)C(c2ccc(F)cc2)C1. The van der Waals surface area contributed by atoms with Crippen molar-refractivity contribution in [1.29, 1.82) is 0 Å². The number of halogens is 1. The van der Waals surface area contributed by atoms with Crippen molar-refractivity contribution in [3.63, 3.8) is 0 Å². The van der Waals surface area contributed by atoms with Gasteiger partial charge >= 0.3 is 12.1 Å². The monoisotopic (exact) mass is 351 g/mol. The molecular weight excluding hydrogens is 329 g/mol. The van der Waals surface area contributed by atoms with Gasteiger partial charge in [-0.3, -0.25) is 9.59 Å². The molecule has 1 amide bonds. The van der Waals surface area contributed by atoms with Crippen LogP contribution in [-0.2, 0) is 19.1 Å². The minimum absolute atomic E-state index is 0.199. The van der Waals surface area contributed by atoms with Gasteiger partial charge < -0.3 is 14.4 Å². The second-order valence-corrected chi connectivity index (χ2v) is 5.90. The van der Waals surface area contributed by atoms with E-state index in [0.29, 0.717) is 19.4 Å². The van der Waals surface area contributed by atoms with E-state index < -0.39 is 18.1 Å². The molecule has 0 aliphatic carbocycles. The number of nitrogens with zero attached hydrogens (tertiary/aromatic N) is 1. The molecule has 0 bridgehead atoms. The molecule has 7 heteroatoms. The summed E-state index contributed by atoms with van der Waals surface area (Å²) in [5.74, 6) is -1.48. The molecule has 1 fully saturated rings. The standard InChI is InChI=1S/C18H22FNO5/c1-3-25-17(22)11-16(21)13-8-9-20(18(23)24-2)15(10-13)12-4-6-14(19)7-5-12/h4-7,13,15H,3,8-11H2,1-2H3. The highest BCUT2D eigenvalue weighted by molar-refractivity contribution is 5.96. The molecule has 0 spiro atoms. The molecule has 2 unspecified atom stereocenters. The Bertz CT molecular complexity index is 631. The van der Waals surface area contributed by atoms with Gasteiger partial charge in [-0.1, -0.05) is 12.1 Å². The summed E-state index contributed by atoms with van der Waals surface area (Å²) in [7, 11) is 1.29. The van der Waals surface area contributed by atoms with Gasteiger partial charge in [-0.15, -0.1) is 0 Å². The average Bonchev–Trinajstić information content (AvgIpc) is 2.61. The molecule has 0 radical (unpaired) electrons. The van der Waals surface area contributed by atoms with E-state index in [1.54, 1.807) is 19.1 Å². The lowest BCUT2D eigenvalue weighted by Crippen LogP contribution is -2.42. The number of methoxy groups -OCH3 is 1. The van der Waals surface area contributed by atoms with E-state index in [9.17, 15) is 18.8 Å². The number of benzene rings is 1. The largest absolute Gasteiger partial charge is 0.466 e. The van der Waals surface area contributed by atoms with Crippen LogP contribution >= 0.6 is 0 Å². The van der Waals surface area contributed by atoms with Gasteiger partial charge in [0.15, 0.2) is 0 Å². The summed E-state index contributed by atoms with van der Waals surface area (Å²) < 4.78 is 22.8. The van der Waals surface area contributed by atoms with E-state index in [0.717, 1.165) is 5.56 Å². The fraction of sp³-hybridized carbons (Fsp3) is 0.500. The van der Waals surface area contributed by atoms with Crippen LogP contribution in [0.15, 0.2) is 24.3 Å². The molecule has 0 N–H and O–H groups in total. The number of amides is 1. The summed E-state index contributed by atoms with van der Waals surface area (Å²) in [6.45, 7) is 2.24. The van der Waals surface area contributed by atoms with Crippen LogP contribution in [0.1, 0.15) is 37.8 Å². The van der Waals surface area contributed by atoms with E-state index >= 15 is 0 Å². The normalized spacial score (nSPS) is 20.0. The summed E-state index contributed by atoms with van der Waals surface area (Å²) in [6.07, 6.45) is 0.0438. The summed E-state index contributed by atoms with van der Waals surface area (Å²) in [5, 5.41) is 0. The molecule has 136 valence electrons. The second kappa shape index (κ2) is 8.60. The Morgan fingerprint density at radius 1 is 1.24 bits per heavy atom. The Kier molecular flexibility index (Phi) is 6.50. The Morgan fingerprint density at radius 3 is 2.52 bits per heavy atom. The predicted octanol–water partition coefficient (Wildman–Crippen LogP) is 2.87. The lowest BCUT2D eigenvalue weighted by molar-refractivity contribution is -0.146. The van der Waals surface area contributed by atoms with Crippen LogP contribution in [-0.4, -0.2) is 43.0 Å². The van der Waals surface area contributed by atoms with Crippen LogP contribution in [0.4, 0.5) is 9.18 Å². The number of hydrogen-bond acceptors (Lipinski definition) is 5. The topological polar surface area (TPSA) is 72.9 Å². The van der Waals surface area contributed by atoms with Crippen LogP contribution in [0.2, 0.25) is 0 Å². The fourth-order valence-electron chi connectivity index (χ4n) is 3.09. The number of Topliss-reactive ketones (excluding diaryl/α,β-unsaturated/α-hetero) is 1. The first kappa shape index (κ1) is 18.9. The molecule has 2 atom stereocenters. The minimum atomic E-state index is -0.541. The highest BCUT2D eigenvalue weighted by Crippen LogP contribution is 2.35. The molecule has 6 nitrogen and oxygen atoms in total. The van der Waals surface area contributed by atoms with Crippen LogP contribution in [0, 0.1) is 11.7 Å². The molecule has 1 aromatic rings. The van der Waals surface area contributed by atoms with E-state index in [2.05, 4.69) is 0 Å². The Labute approximate surface area is 145 Å². The van der Waals surface area contributed by atoms with E-state index in [1.807, 2.05) is 0 Å². The van der Waals surface area contributed by atoms with E-state index in [1.165, 1.54) is 24.1 Å². The lowest BCUT2D eigenvalue weighted by Gasteiger charge is -2.38. The number of piperidine rings is 1. The Balaban J connectivity index is 2.15. The number of rotatable bonds is 5. The molecule has 1 saturated heterocycles. The number of likely N-dealkylation sites (tertiary alicyclic amines) is 1. The predicted molar refractivity (Wildman–Crippen MR) is 87.2 cm³/mol. The maximum absolute atomic E-state index is 13.2. The Hall–Kier alpha value is -2.44. The van der Waals surface area contributed by atoms with Crippen molar-refractivity contribution in [1.82, 2.24) is 4.90 Å². The lowest BCUT2D eigenvalue weighted by atomic mass is 9.84. The zero-order valence-electron chi connectivity index (χ0n) is 14.4. The fourth-order valence-corrected chi connectivity index (χ4v) is 3.09. The second-order valence-electron chi connectivity index (χ2n) is 5.90. The molecule has 1 aliphatic rings. The summed E-state index contributed by atoms with van der Waals surface area (Å²) >= 11 is 0. The highest BCUT2D eigenvalue weighted by Gasteiger charge is 2.36. The maximum Gasteiger partial charge on any atom is 0.409 e. The van der Waals surface area contributed by atoms with Gasteiger partial charge in [0.2, 0.25) is 0 Å². The third kappa shape index (κ3) is 4.78. The summed E-state index contributed by atoms with van der Waals surface area (Å²) in [5.41, 5.74) is 0.723. The highest BCUT2D eigenvalue weighted by atomic mass is 19.1. The van der Waals surface area contributed by atoms with Gasteiger partial charge in [0.25, 0.3) is 0 Å². The molecule has 2 rings (SSSR count). The summed E-state index contributed by atoms with van der Waals surface area (Å²) in [4.78, 5) is 37.5. The first-order valence-corrected chi connectivity index (χ1v) is 8.24. The van der Waals surface area contributed by atoms with Crippen LogP contribution in [0.3, 0.4) is 0 Å². The number of carbonyl (C=O) groups is 3. The number of esters is 1. The zero-order valence-corrected chi connectivity index (χ0v) is 14.4. The average molecular weight is 351 g/mol. The third-order valence-electron chi connectivity index (χ3n) is 4.35. The molecule has 25 heavy (non-hydrogen) atoms. The van der Waals surface area contributed by atoms with Crippen LogP contribution in [0.25, 0.3) is 0 Å². The van der Waals surface area contributed by atoms with Crippen molar-refractivity contribution >= 4 is 17.8 Å². The van der Waals surface area contributed by atoms with Crippen molar-refractivity contribution < 1.29 is 28.2 Å². The van der Waals surface area contributed by atoms with Gasteiger partial charge in [-0.2, -0.15) is 0 Å². The quantitative estimate of drug-likeness (QED) is 0.602. The number of hydrogen-bond donors (Lipinski definition) is 0. The molecule has 0 aromatic heterocycles. The minimum Gasteiger partial charge on any atom is -0.466 e. The molecule has 1 aromatic carbocycles. The Morgan fingerprint density at radius 2 is 1.92 bits per heavy atom. The number of ether oxygens (including phenoxy) is 2. The van der Waals surface area contributed by atoms with Gasteiger partial charge in [0.05, 0.1) is 19.8 Å². The molecular formula is C18H22FNO5. The zero-order chi connectivity index (χ0) is 18.4. The van der Waals surface area contributed by atoms with Crippen LogP contribution in [0.5, 0.6) is 0 Å². The van der Waals surface area contributed by atoms with E-state index in [4.69, 9.17) is 9.47 Å². The van der Waals surface area contributed by atoms with E-state index in [-0.39, 0.29) is 30.5 Å². The first-order chi connectivity index (χ1) is 12.0. The van der Waals surface area contributed by atoms with Crippen molar-refractivity contribution in [2.24, 2.45) is 5.92 Å². The van der Waals surface area contributed by atoms with Crippen molar-refractivity contribution in [3.8, 4) is 0 Å². The molecule has 0 saturated carbocycles. The summed E-state index contributed by atoms with van der Waals surface area (Å²) in [6, 6.07) is 5.41. The first-order valence-electron chi connectivity index (χ1n) is 8.24. The molecule has 1 heterocycles. The van der Waals surface area contributed by atoms with Crippen molar-refractivity contribution in [3.05, 3.63) is 35.6 Å². The number of carbonyl (C=O) groups excluding carboxylic acids is 3. The molecule has 1 aliphatic heterocycles. The van der Waals surface area contributed by atoms with Gasteiger partial charge in [0, 0.05) is 12.5 Å². The number of ketones is 1. The van der Waals surface area contributed by atoms with Crippen molar-refractivity contribution in [2.45, 2.75) is 32.2 Å².